The Balaban J connectivity index is -0.000000316. The smallest absolute Gasteiger partial charge is 0.303 e. The highest BCUT2D eigenvalue weighted by Gasteiger charge is 1.95. The molecule has 0 aliphatic heterocycles. The Morgan fingerprint density at radius 1 is 0.615 bits per heavy atom. The molecule has 0 saturated heterocycles. The number of carbonyl (C=O) groups is 4. The van der Waals surface area contributed by atoms with Crippen LogP contribution in [0.3, 0.4) is 0 Å². The van der Waals surface area contributed by atoms with Gasteiger partial charge in [-0.15, -0.1) is 0 Å². The number of carboxylic acids is 2. The van der Waals surface area contributed by atoms with Crippen molar-refractivity contribution in [3.05, 3.63) is 0 Å². The largest absolute Gasteiger partial charge is 0.481 e. The van der Waals surface area contributed by atoms with Gasteiger partial charge in [-0.2, -0.15) is 0 Å². The molecule has 0 rings (SSSR count). The molecule has 0 spiro atoms. The summed E-state index contributed by atoms with van der Waals surface area (Å²) in [6.45, 7) is 4.30. The van der Waals surface area contributed by atoms with E-state index in [1.165, 1.54) is 38.5 Å². The molecule has 0 bridgehead atoms. The number of rotatable bonds is 15. The monoisotopic (exact) mass is 374 g/mol. The van der Waals surface area contributed by atoms with E-state index in [2.05, 4.69) is 13.8 Å². The lowest BCUT2D eigenvalue weighted by molar-refractivity contribution is -0.138. The van der Waals surface area contributed by atoms with Gasteiger partial charge in [0.25, 0.3) is 0 Å². The van der Waals surface area contributed by atoms with Gasteiger partial charge in [0.1, 0.15) is 12.6 Å². The molecule has 6 nitrogen and oxygen atoms in total. The molecule has 0 radical (unpaired) electrons. The van der Waals surface area contributed by atoms with Gasteiger partial charge in [0, 0.05) is 25.7 Å². The van der Waals surface area contributed by atoms with Crippen LogP contribution in [0.2, 0.25) is 0 Å². The van der Waals surface area contributed by atoms with E-state index in [4.69, 9.17) is 10.2 Å². The van der Waals surface area contributed by atoms with E-state index in [9.17, 15) is 19.2 Å². The second kappa shape index (κ2) is 28.1. The van der Waals surface area contributed by atoms with E-state index in [1.54, 1.807) is 0 Å². The summed E-state index contributed by atoms with van der Waals surface area (Å²) in [5.41, 5.74) is 0. The zero-order valence-electron chi connectivity index (χ0n) is 16.6. The van der Waals surface area contributed by atoms with Crippen LogP contribution in [0.4, 0.5) is 0 Å². The summed E-state index contributed by atoms with van der Waals surface area (Å²) in [5, 5.41) is 16.5. The minimum Gasteiger partial charge on any atom is -0.481 e. The summed E-state index contributed by atoms with van der Waals surface area (Å²) in [6.07, 6.45) is 14.0. The fourth-order valence-corrected chi connectivity index (χ4v) is 1.90. The molecule has 0 aromatic rings. The molecule has 26 heavy (non-hydrogen) atoms. The Kier molecular flexibility index (Phi) is 31.4. The number of aldehydes is 2. The highest BCUT2D eigenvalue weighted by Crippen LogP contribution is 2.04. The standard InChI is InChI=1S/2C8H16O2.C4H6O2/c2*1-2-3-4-5-6-7-8(9)10;5-3-1-2-4-6/h2*2-7H2,1H3,(H,9,10);3-4H,1-2H2. The van der Waals surface area contributed by atoms with Crippen LogP contribution >= 0.6 is 0 Å². The summed E-state index contributed by atoms with van der Waals surface area (Å²) in [6, 6.07) is 0. The van der Waals surface area contributed by atoms with Crippen molar-refractivity contribution in [2.45, 2.75) is 104 Å². The quantitative estimate of drug-likeness (QED) is 0.307. The predicted octanol–water partition coefficient (Wildman–Crippen LogP) is 5.03. The molecule has 0 aromatic heterocycles. The van der Waals surface area contributed by atoms with Crippen molar-refractivity contribution in [1.29, 1.82) is 0 Å². The first-order valence-corrected chi connectivity index (χ1v) is 9.76. The Labute approximate surface area is 158 Å². The molecule has 0 aromatic carbocycles. The SMILES string of the molecule is CCCCCCCC(=O)O.CCCCCCCC(=O)O.O=CCCC=O. The Hall–Kier alpha value is -1.72. The highest BCUT2D eigenvalue weighted by molar-refractivity contribution is 5.66. The first-order chi connectivity index (χ1) is 12.5. The van der Waals surface area contributed by atoms with E-state index in [1.807, 2.05) is 0 Å². The van der Waals surface area contributed by atoms with Crippen molar-refractivity contribution in [2.75, 3.05) is 0 Å². The van der Waals surface area contributed by atoms with E-state index in [-0.39, 0.29) is 0 Å². The highest BCUT2D eigenvalue weighted by atomic mass is 16.4. The molecule has 2 N–H and O–H groups in total. The van der Waals surface area contributed by atoms with E-state index >= 15 is 0 Å². The topological polar surface area (TPSA) is 109 Å². The minimum atomic E-state index is -0.670. The van der Waals surface area contributed by atoms with Gasteiger partial charge in [0.2, 0.25) is 0 Å². The molecule has 0 aliphatic carbocycles. The van der Waals surface area contributed by atoms with Crippen molar-refractivity contribution in [3.8, 4) is 0 Å². The second-order valence-corrected chi connectivity index (χ2v) is 6.03. The summed E-state index contributed by atoms with van der Waals surface area (Å²) < 4.78 is 0. The predicted molar refractivity (Wildman–Crippen MR) is 103 cm³/mol. The van der Waals surface area contributed by atoms with Crippen molar-refractivity contribution in [1.82, 2.24) is 0 Å². The minimum absolute atomic E-state index is 0.337. The first kappa shape index (κ1) is 29.1. The molecule has 154 valence electrons. The number of unbranched alkanes of at least 4 members (excludes halogenated alkanes) is 9. The zero-order valence-corrected chi connectivity index (χ0v) is 16.6. The Bertz CT molecular complexity index is 296. The van der Waals surface area contributed by atoms with E-state index in [0.717, 1.165) is 38.3 Å². The van der Waals surface area contributed by atoms with Gasteiger partial charge in [-0.1, -0.05) is 65.2 Å². The van der Waals surface area contributed by atoms with Crippen LogP contribution in [-0.4, -0.2) is 34.7 Å². The van der Waals surface area contributed by atoms with Crippen LogP contribution in [-0.2, 0) is 19.2 Å². The van der Waals surface area contributed by atoms with Gasteiger partial charge in [-0.05, 0) is 12.8 Å². The maximum Gasteiger partial charge on any atom is 0.303 e. The van der Waals surface area contributed by atoms with Crippen molar-refractivity contribution in [3.63, 3.8) is 0 Å². The van der Waals surface area contributed by atoms with Crippen LogP contribution < -0.4 is 0 Å². The van der Waals surface area contributed by atoms with Crippen LogP contribution in [0.1, 0.15) is 104 Å². The molecule has 0 aliphatic rings. The lowest BCUT2D eigenvalue weighted by Gasteiger charge is -1.95. The summed E-state index contributed by atoms with van der Waals surface area (Å²) >= 11 is 0. The molecule has 6 heteroatoms. The molecular weight excluding hydrogens is 336 g/mol. The fraction of sp³-hybridized carbons (Fsp3) is 0.800. The second-order valence-electron chi connectivity index (χ2n) is 6.03. The average Bonchev–Trinajstić information content (AvgIpc) is 2.60. The number of carboxylic acid groups (broad SMARTS) is 2. The lowest BCUT2D eigenvalue weighted by Crippen LogP contribution is -1.93. The lowest BCUT2D eigenvalue weighted by atomic mass is 10.1. The Morgan fingerprint density at radius 2 is 0.923 bits per heavy atom. The Morgan fingerprint density at radius 3 is 1.15 bits per heavy atom. The van der Waals surface area contributed by atoms with Crippen molar-refractivity contribution < 1.29 is 29.4 Å². The third-order valence-corrected chi connectivity index (χ3v) is 3.39. The van der Waals surface area contributed by atoms with Gasteiger partial charge in [-0.25, -0.2) is 0 Å². The average molecular weight is 375 g/mol. The third kappa shape index (κ3) is 43.2. The van der Waals surface area contributed by atoms with Crippen molar-refractivity contribution >= 4 is 24.5 Å². The van der Waals surface area contributed by atoms with Crippen LogP contribution in [0.25, 0.3) is 0 Å². The maximum absolute atomic E-state index is 10.0. The molecule has 0 unspecified atom stereocenters. The summed E-state index contributed by atoms with van der Waals surface area (Å²) in [4.78, 5) is 38.9. The fourth-order valence-electron chi connectivity index (χ4n) is 1.90. The number of hydrogen-bond donors (Lipinski definition) is 2. The van der Waals surface area contributed by atoms with E-state index in [0.29, 0.717) is 25.7 Å². The third-order valence-electron chi connectivity index (χ3n) is 3.39. The molecule has 0 fully saturated rings. The van der Waals surface area contributed by atoms with Gasteiger partial charge in [0.05, 0.1) is 0 Å². The van der Waals surface area contributed by atoms with Crippen molar-refractivity contribution in [2.24, 2.45) is 0 Å². The van der Waals surface area contributed by atoms with Crippen LogP contribution in [0, 0.1) is 0 Å². The first-order valence-electron chi connectivity index (χ1n) is 9.76. The molecule has 0 amide bonds. The molecule has 0 atom stereocenters. The molecule has 0 heterocycles. The number of hydrogen-bond acceptors (Lipinski definition) is 4. The normalized spacial score (nSPS) is 9.15. The molecule has 0 saturated carbocycles. The summed E-state index contributed by atoms with van der Waals surface area (Å²) in [5.74, 6) is -1.34. The maximum atomic E-state index is 10.0. The molecular formula is C20H38O6. The number of aliphatic carboxylic acids is 2. The van der Waals surface area contributed by atoms with Gasteiger partial charge >= 0.3 is 11.9 Å². The summed E-state index contributed by atoms with van der Waals surface area (Å²) in [7, 11) is 0. The van der Waals surface area contributed by atoms with Gasteiger partial charge in [0.15, 0.2) is 0 Å². The van der Waals surface area contributed by atoms with Crippen LogP contribution in [0.5, 0.6) is 0 Å². The number of carbonyl (C=O) groups excluding carboxylic acids is 2. The van der Waals surface area contributed by atoms with E-state index < -0.39 is 11.9 Å². The van der Waals surface area contributed by atoms with Gasteiger partial charge in [-0.3, -0.25) is 9.59 Å². The van der Waals surface area contributed by atoms with Crippen LogP contribution in [0.15, 0.2) is 0 Å². The zero-order chi connectivity index (χ0) is 20.5. The van der Waals surface area contributed by atoms with Gasteiger partial charge < -0.3 is 19.8 Å².